The van der Waals surface area contributed by atoms with Crippen molar-refractivity contribution in [3.8, 4) is 0 Å². The van der Waals surface area contributed by atoms with E-state index in [1.54, 1.807) is 0 Å². The minimum Gasteiger partial charge on any atom is -0.463 e. The molecule has 10 fully saturated rings. The number of esters is 1. The number of carbonyl (C=O) groups excluding carboxylic acids is 1. The van der Waals surface area contributed by atoms with Crippen molar-refractivity contribution in [2.45, 2.75) is 270 Å². The van der Waals surface area contributed by atoms with E-state index in [1.165, 1.54) is 0 Å². The van der Waals surface area contributed by atoms with Crippen LogP contribution >= 0.6 is 0 Å². The molecule has 0 aromatic heterocycles. The minimum atomic E-state index is -2.09. The molecule has 0 spiro atoms. The fraction of sp³-hybridized carbons (Fsp3) is 0.983. The molecule has 6 saturated heterocycles. The van der Waals surface area contributed by atoms with Crippen LogP contribution < -0.4 is 0 Å². The highest BCUT2D eigenvalue weighted by molar-refractivity contribution is 5.65. The lowest BCUT2D eigenvalue weighted by Crippen LogP contribution is -2.69. The summed E-state index contributed by atoms with van der Waals surface area (Å²) < 4.78 is 71.7. The lowest BCUT2D eigenvalue weighted by atomic mass is 9.44. The molecule has 10 aliphatic rings. The van der Waals surface area contributed by atoms with Crippen LogP contribution in [-0.4, -0.2) is 304 Å². The van der Waals surface area contributed by atoms with Crippen LogP contribution in [0.2, 0.25) is 0 Å². The van der Waals surface area contributed by atoms with Gasteiger partial charge in [0.2, 0.25) is 0 Å². The summed E-state index contributed by atoms with van der Waals surface area (Å²) in [5.41, 5.74) is -0.130. The molecule has 6 heterocycles. The van der Waals surface area contributed by atoms with Crippen LogP contribution in [0.25, 0.3) is 0 Å². The van der Waals surface area contributed by atoms with Gasteiger partial charge in [0, 0.05) is 19.3 Å². The molecule has 6 aliphatic heterocycles. The van der Waals surface area contributed by atoms with E-state index in [2.05, 4.69) is 20.8 Å². The van der Waals surface area contributed by atoms with Crippen molar-refractivity contribution in [2.24, 2.45) is 52.3 Å². The predicted molar refractivity (Wildman–Crippen MR) is 294 cm³/mol. The van der Waals surface area contributed by atoms with Gasteiger partial charge in [-0.2, -0.15) is 0 Å². The Morgan fingerprint density at radius 3 is 1.62 bits per heavy atom. The number of ether oxygens (including phenoxy) is 12. The summed E-state index contributed by atoms with van der Waals surface area (Å²) >= 11 is 0. The Bertz CT molecular complexity index is 2310. The molecule has 17 N–H and O–H groups in total. The molecule has 0 bridgehead atoms. The molecule has 0 aromatic carbocycles. The zero-order valence-electron chi connectivity index (χ0n) is 50.9. The van der Waals surface area contributed by atoms with Gasteiger partial charge in [0.05, 0.1) is 45.2 Å². The maximum Gasteiger partial charge on any atom is 0.302 e. The van der Waals surface area contributed by atoms with Crippen LogP contribution in [0.3, 0.4) is 0 Å². The summed E-state index contributed by atoms with van der Waals surface area (Å²) in [6.07, 6.45) is -36.9. The van der Waals surface area contributed by atoms with Crippen LogP contribution in [-0.2, 0) is 61.6 Å². The van der Waals surface area contributed by atoms with Crippen LogP contribution in [0.5, 0.6) is 0 Å². The summed E-state index contributed by atoms with van der Waals surface area (Å²) in [4.78, 5) is 12.1. The van der Waals surface area contributed by atoms with Crippen molar-refractivity contribution in [1.29, 1.82) is 0 Å². The number of carbonyl (C=O) groups is 1. The summed E-state index contributed by atoms with van der Waals surface area (Å²) in [6.45, 7) is 6.07. The largest absolute Gasteiger partial charge is 0.463 e. The van der Waals surface area contributed by atoms with E-state index in [0.29, 0.717) is 43.4 Å². The highest BCUT2D eigenvalue weighted by Gasteiger charge is 2.69. The van der Waals surface area contributed by atoms with Gasteiger partial charge >= 0.3 is 5.97 Å². The molecule has 514 valence electrons. The fourth-order valence-corrected chi connectivity index (χ4v) is 17.3. The summed E-state index contributed by atoms with van der Waals surface area (Å²) in [5, 5.41) is 184. The maximum absolute atomic E-state index is 12.2. The molecule has 30 heteroatoms. The number of aliphatic hydroxyl groups excluding tert-OH is 16. The highest BCUT2D eigenvalue weighted by atomic mass is 16.8. The number of rotatable bonds is 20. The molecular formula is C59H98O30. The Morgan fingerprint density at radius 1 is 0.528 bits per heavy atom. The lowest BCUT2D eigenvalue weighted by Gasteiger charge is -2.61. The number of hydrogen-bond acceptors (Lipinski definition) is 30. The smallest absolute Gasteiger partial charge is 0.302 e. The normalized spacial score (nSPS) is 53.7. The Labute approximate surface area is 515 Å². The van der Waals surface area contributed by atoms with Crippen molar-refractivity contribution >= 4 is 5.97 Å². The molecule has 4 aliphatic carbocycles. The Hall–Kier alpha value is -1.65. The van der Waals surface area contributed by atoms with Crippen molar-refractivity contribution in [3.05, 3.63) is 0 Å². The van der Waals surface area contributed by atoms with Crippen LogP contribution in [0.4, 0.5) is 0 Å². The third kappa shape index (κ3) is 13.4. The third-order valence-corrected chi connectivity index (χ3v) is 22.5. The number of aliphatic hydroxyl groups is 17. The first-order valence-corrected chi connectivity index (χ1v) is 31.8. The second-order valence-electron chi connectivity index (χ2n) is 27.7. The predicted octanol–water partition coefficient (Wildman–Crippen LogP) is -5.56. The molecule has 89 heavy (non-hydrogen) atoms. The van der Waals surface area contributed by atoms with Gasteiger partial charge in [0.1, 0.15) is 129 Å². The van der Waals surface area contributed by atoms with Crippen molar-refractivity contribution in [1.82, 2.24) is 0 Å². The molecule has 30 nitrogen and oxygen atoms in total. The number of hydrogen-bond donors (Lipinski definition) is 17. The summed E-state index contributed by atoms with van der Waals surface area (Å²) in [7, 11) is 0. The van der Waals surface area contributed by atoms with Crippen LogP contribution in [0.15, 0.2) is 0 Å². The molecule has 0 aromatic rings. The molecule has 37 atom stereocenters. The molecule has 4 saturated carbocycles. The fourth-order valence-electron chi connectivity index (χ4n) is 17.3. The van der Waals surface area contributed by atoms with E-state index in [-0.39, 0.29) is 47.2 Å². The van der Waals surface area contributed by atoms with E-state index in [9.17, 15) is 91.6 Å². The van der Waals surface area contributed by atoms with E-state index in [4.69, 9.17) is 56.8 Å². The molecule has 0 amide bonds. The third-order valence-electron chi connectivity index (χ3n) is 22.5. The van der Waals surface area contributed by atoms with E-state index in [1.807, 2.05) is 6.92 Å². The highest BCUT2D eigenvalue weighted by Crippen LogP contribution is 2.71. The summed E-state index contributed by atoms with van der Waals surface area (Å²) in [6, 6.07) is 0. The van der Waals surface area contributed by atoms with Crippen molar-refractivity contribution in [3.63, 3.8) is 0 Å². The lowest BCUT2D eigenvalue weighted by molar-refractivity contribution is -0.406. The molecular weight excluding hydrogens is 1190 g/mol. The van der Waals surface area contributed by atoms with Gasteiger partial charge in [-0.05, 0) is 104 Å². The topological polar surface area (TPSA) is 472 Å². The van der Waals surface area contributed by atoms with E-state index in [0.717, 1.165) is 45.4 Å². The van der Waals surface area contributed by atoms with Crippen LogP contribution in [0, 0.1) is 52.3 Å². The Morgan fingerprint density at radius 2 is 1.03 bits per heavy atom. The second kappa shape index (κ2) is 28.2. The SMILES string of the molecule is CC(=O)OC[C@H]1O[C@@H](O[C@@H]2[C@H](O)[C@@H](O)[C@H](O[C@H]3CC[C@@]4(C)[C@H](CC[C@@H]5[C@@H]4CC[C@]4(C)[C@@H]6[C@H](C[C@@H]54)O[C@](O)(CC[C@H](C)CO[C@@H]4O[C@H](CO)[C@@H](O)[C@H](O)[C@H]4O)[C@H]6C)C3)O[C@@H]2CO)[C@H](O[C@@H]2O[C@H](CO)[C@@H](O)[C@H](O)[C@H]2O)[C@@H](O[C@@H]2O[C@H](CO)[C@@H](O)[C@H](O)[C@H]2O)[C@@H]1O. The van der Waals surface area contributed by atoms with Gasteiger partial charge in [0.15, 0.2) is 37.2 Å². The van der Waals surface area contributed by atoms with Gasteiger partial charge in [-0.1, -0.05) is 27.7 Å². The van der Waals surface area contributed by atoms with Gasteiger partial charge in [0.25, 0.3) is 0 Å². The number of fused-ring (bicyclic) bond motifs is 7. The van der Waals surface area contributed by atoms with Crippen LogP contribution in [0.1, 0.15) is 98.8 Å². The first kappa shape index (κ1) is 70.2. The quantitative estimate of drug-likeness (QED) is 0.0399. The average Bonchev–Trinajstić information content (AvgIpc) is 1.59. The van der Waals surface area contributed by atoms with Gasteiger partial charge in [-0.25, -0.2) is 0 Å². The van der Waals surface area contributed by atoms with E-state index < -0.39 is 204 Å². The van der Waals surface area contributed by atoms with Gasteiger partial charge in [-0.3, -0.25) is 4.79 Å². The first-order chi connectivity index (χ1) is 42.1. The minimum absolute atomic E-state index is 0.0551. The standard InChI is InChI=1S/C59H98O30/c1-22(20-79-52-45(73)41(69)37(65)31(16-60)81-52)8-13-59(77)23(2)36-30(89-59)15-29-27-7-6-25-14-26(9-11-57(25,4)28(27)10-12-58(29,36)5)80-53-48(76)44(72)49(34(19-63)84-53)86-56-51(88-55-47(75)43(71)39(67)33(18-62)83-55)50(40(68)35(85-56)21-78-24(3)64)87-54-46(74)42(70)38(66)32(17-61)82-54/h22-23,25-56,60-63,65-77H,6-21H2,1-5H3/t22-,23-,25+,26-,27+,28-,29-,30-,31+,32+,33+,34+,35+,36-,37+,38+,39+,40+,41-,42-,43-,44+,45+,46+,47+,48+,49-,50-,51+,52+,53+,54-,55-,56-,57-,58-,59+/m0/s1. The maximum atomic E-state index is 12.2. The zero-order valence-corrected chi connectivity index (χ0v) is 50.9. The van der Waals surface area contributed by atoms with E-state index >= 15 is 0 Å². The van der Waals surface area contributed by atoms with Crippen molar-refractivity contribution < 1.29 is 148 Å². The first-order valence-electron chi connectivity index (χ1n) is 31.8. The Balaban J connectivity index is 0.781. The molecule has 0 unspecified atom stereocenters. The summed E-state index contributed by atoms with van der Waals surface area (Å²) in [5.74, 6) is -0.882. The van der Waals surface area contributed by atoms with Crippen molar-refractivity contribution in [2.75, 3.05) is 39.6 Å². The average molecular weight is 1290 g/mol. The van der Waals surface area contributed by atoms with Gasteiger partial charge < -0.3 is 144 Å². The Kier molecular flexibility index (Phi) is 22.2. The molecule has 0 radical (unpaired) electrons. The second-order valence-corrected chi connectivity index (χ2v) is 27.7. The van der Waals surface area contributed by atoms with Gasteiger partial charge in [-0.15, -0.1) is 0 Å². The zero-order chi connectivity index (χ0) is 64.5. The molecule has 10 rings (SSSR count). The monoisotopic (exact) mass is 1290 g/mol.